The van der Waals surface area contributed by atoms with Gasteiger partial charge in [0.15, 0.2) is 0 Å². The zero-order valence-electron chi connectivity index (χ0n) is 16.4. The summed E-state index contributed by atoms with van der Waals surface area (Å²) in [6.07, 6.45) is 3.12. The second-order valence-electron chi connectivity index (χ2n) is 7.02. The van der Waals surface area contributed by atoms with Gasteiger partial charge >= 0.3 is 0 Å². The van der Waals surface area contributed by atoms with Crippen molar-refractivity contribution in [1.29, 1.82) is 0 Å². The summed E-state index contributed by atoms with van der Waals surface area (Å²) in [6, 6.07) is 14.9. The third-order valence-corrected chi connectivity index (χ3v) is 4.87. The normalized spacial score (nSPS) is 15.4. The predicted molar refractivity (Wildman–Crippen MR) is 116 cm³/mol. The van der Waals surface area contributed by atoms with Crippen LogP contribution in [0.4, 0.5) is 5.69 Å². The molecular formula is C22H28ClN3O3. The molecule has 1 saturated heterocycles. The average molecular weight is 418 g/mol. The molecule has 0 aliphatic carbocycles. The van der Waals surface area contributed by atoms with Crippen molar-refractivity contribution in [2.75, 3.05) is 18.9 Å². The largest absolute Gasteiger partial charge is 0.399 e. The lowest BCUT2D eigenvalue weighted by molar-refractivity contribution is -0.121. The fourth-order valence-electron chi connectivity index (χ4n) is 3.24. The van der Waals surface area contributed by atoms with E-state index < -0.39 is 0 Å². The topological polar surface area (TPSA) is 93.5 Å². The fraction of sp³-hybridized carbons (Fsp3) is 0.364. The van der Waals surface area contributed by atoms with Crippen LogP contribution in [0.25, 0.3) is 0 Å². The number of ether oxygens (including phenoxy) is 1. The molecule has 1 atom stereocenters. The Balaban J connectivity index is 0.00000300. The lowest BCUT2D eigenvalue weighted by Gasteiger charge is -2.11. The molecule has 2 aromatic rings. The van der Waals surface area contributed by atoms with E-state index in [2.05, 4.69) is 10.6 Å². The van der Waals surface area contributed by atoms with Gasteiger partial charge in [0.1, 0.15) is 0 Å². The highest BCUT2D eigenvalue weighted by Crippen LogP contribution is 2.13. The minimum absolute atomic E-state index is 0. The van der Waals surface area contributed by atoms with Gasteiger partial charge < -0.3 is 21.1 Å². The average Bonchev–Trinajstić information content (AvgIpc) is 3.24. The van der Waals surface area contributed by atoms with Crippen molar-refractivity contribution in [3.8, 4) is 0 Å². The molecule has 0 bridgehead atoms. The summed E-state index contributed by atoms with van der Waals surface area (Å²) in [5.74, 6) is -0.167. The van der Waals surface area contributed by atoms with Crippen molar-refractivity contribution in [2.45, 2.75) is 38.3 Å². The van der Waals surface area contributed by atoms with Gasteiger partial charge in [0.05, 0.1) is 6.10 Å². The van der Waals surface area contributed by atoms with Gasteiger partial charge in [-0.1, -0.05) is 30.3 Å². The molecule has 7 heteroatoms. The Kier molecular flexibility index (Phi) is 8.96. The maximum atomic E-state index is 12.3. The monoisotopic (exact) mass is 417 g/mol. The van der Waals surface area contributed by atoms with E-state index in [0.29, 0.717) is 37.2 Å². The van der Waals surface area contributed by atoms with Gasteiger partial charge in [0.25, 0.3) is 5.91 Å². The highest BCUT2D eigenvalue weighted by molar-refractivity contribution is 5.94. The molecule has 0 aromatic heterocycles. The standard InChI is InChI=1S/C22H27N3O3.ClH/c23-20-9-2-1-6-17(20)10-11-21(26)24-14-16-5-3-7-18(13-16)22(27)25-15-19-8-4-12-28-19;/h1-3,5-7,9,13,19H,4,8,10-12,14-15,23H2,(H,24,26)(H,25,27);1H. The van der Waals surface area contributed by atoms with Gasteiger partial charge in [-0.15, -0.1) is 12.4 Å². The molecule has 1 fully saturated rings. The van der Waals surface area contributed by atoms with Crippen LogP contribution in [0.2, 0.25) is 0 Å². The summed E-state index contributed by atoms with van der Waals surface area (Å²) in [5, 5.41) is 5.81. The molecule has 1 heterocycles. The van der Waals surface area contributed by atoms with E-state index in [1.807, 2.05) is 36.4 Å². The zero-order chi connectivity index (χ0) is 19.8. The molecule has 1 aliphatic heterocycles. The minimum atomic E-state index is -0.122. The number of aryl methyl sites for hydroxylation is 1. The third kappa shape index (κ3) is 7.07. The SMILES string of the molecule is Cl.Nc1ccccc1CCC(=O)NCc1cccc(C(=O)NCC2CCCO2)c1. The first kappa shape index (κ1) is 22.7. The van der Waals surface area contributed by atoms with Gasteiger partial charge in [-0.25, -0.2) is 0 Å². The molecule has 2 amide bonds. The number of para-hydroxylation sites is 1. The molecule has 6 nitrogen and oxygen atoms in total. The number of amides is 2. The number of rotatable bonds is 8. The van der Waals surface area contributed by atoms with Crippen LogP contribution < -0.4 is 16.4 Å². The molecule has 1 unspecified atom stereocenters. The van der Waals surface area contributed by atoms with Crippen LogP contribution in [-0.4, -0.2) is 31.1 Å². The van der Waals surface area contributed by atoms with E-state index in [0.717, 1.165) is 30.6 Å². The Morgan fingerprint density at radius 2 is 1.93 bits per heavy atom. The van der Waals surface area contributed by atoms with E-state index in [-0.39, 0.29) is 30.3 Å². The summed E-state index contributed by atoms with van der Waals surface area (Å²) in [7, 11) is 0. The van der Waals surface area contributed by atoms with Crippen LogP contribution in [0, 0.1) is 0 Å². The Labute approximate surface area is 177 Å². The van der Waals surface area contributed by atoms with Crippen molar-refractivity contribution >= 4 is 29.9 Å². The maximum absolute atomic E-state index is 12.3. The number of hydrogen-bond donors (Lipinski definition) is 3. The second-order valence-corrected chi connectivity index (χ2v) is 7.02. The fourth-order valence-corrected chi connectivity index (χ4v) is 3.24. The van der Waals surface area contributed by atoms with Crippen LogP contribution in [-0.2, 0) is 22.5 Å². The number of benzene rings is 2. The maximum Gasteiger partial charge on any atom is 0.251 e. The minimum Gasteiger partial charge on any atom is -0.399 e. The van der Waals surface area contributed by atoms with Crippen LogP contribution in [0.3, 0.4) is 0 Å². The Bertz CT molecular complexity index is 822. The van der Waals surface area contributed by atoms with E-state index in [9.17, 15) is 9.59 Å². The number of carbonyl (C=O) groups excluding carboxylic acids is 2. The number of carbonyl (C=O) groups is 2. The Morgan fingerprint density at radius 1 is 1.10 bits per heavy atom. The molecule has 0 radical (unpaired) electrons. The highest BCUT2D eigenvalue weighted by atomic mass is 35.5. The first-order chi connectivity index (χ1) is 13.6. The van der Waals surface area contributed by atoms with Crippen molar-refractivity contribution < 1.29 is 14.3 Å². The summed E-state index contributed by atoms with van der Waals surface area (Å²) in [5.41, 5.74) is 9.06. The van der Waals surface area contributed by atoms with Gasteiger partial charge in [-0.05, 0) is 48.6 Å². The van der Waals surface area contributed by atoms with E-state index in [1.165, 1.54) is 0 Å². The van der Waals surface area contributed by atoms with Gasteiger partial charge in [0.2, 0.25) is 5.91 Å². The summed E-state index contributed by atoms with van der Waals surface area (Å²) in [6.45, 7) is 1.69. The number of anilines is 1. The summed E-state index contributed by atoms with van der Waals surface area (Å²) in [4.78, 5) is 24.4. The molecule has 156 valence electrons. The van der Waals surface area contributed by atoms with Crippen molar-refractivity contribution in [3.05, 3.63) is 65.2 Å². The van der Waals surface area contributed by atoms with Crippen LogP contribution >= 0.6 is 12.4 Å². The second kappa shape index (κ2) is 11.4. The van der Waals surface area contributed by atoms with E-state index in [4.69, 9.17) is 10.5 Å². The van der Waals surface area contributed by atoms with E-state index >= 15 is 0 Å². The van der Waals surface area contributed by atoms with Crippen LogP contribution in [0.15, 0.2) is 48.5 Å². The van der Waals surface area contributed by atoms with Crippen molar-refractivity contribution in [2.24, 2.45) is 0 Å². The smallest absolute Gasteiger partial charge is 0.251 e. The molecular weight excluding hydrogens is 390 g/mol. The number of nitrogens with two attached hydrogens (primary N) is 1. The molecule has 29 heavy (non-hydrogen) atoms. The molecule has 4 N–H and O–H groups in total. The number of hydrogen-bond acceptors (Lipinski definition) is 4. The van der Waals surface area contributed by atoms with Crippen LogP contribution in [0.5, 0.6) is 0 Å². The molecule has 0 saturated carbocycles. The van der Waals surface area contributed by atoms with Crippen LogP contribution in [0.1, 0.15) is 40.7 Å². The van der Waals surface area contributed by atoms with E-state index in [1.54, 1.807) is 12.1 Å². The molecule has 0 spiro atoms. The molecule has 1 aliphatic rings. The quantitative estimate of drug-likeness (QED) is 0.576. The van der Waals surface area contributed by atoms with Gasteiger partial charge in [0, 0.05) is 37.4 Å². The van der Waals surface area contributed by atoms with Crippen molar-refractivity contribution in [1.82, 2.24) is 10.6 Å². The number of nitrogen functional groups attached to an aromatic ring is 1. The lowest BCUT2D eigenvalue weighted by Crippen LogP contribution is -2.31. The Morgan fingerprint density at radius 3 is 2.69 bits per heavy atom. The Hall–Kier alpha value is -2.57. The molecule has 2 aromatic carbocycles. The number of nitrogens with one attached hydrogen (secondary N) is 2. The third-order valence-electron chi connectivity index (χ3n) is 4.87. The summed E-state index contributed by atoms with van der Waals surface area (Å²) >= 11 is 0. The zero-order valence-corrected chi connectivity index (χ0v) is 17.2. The van der Waals surface area contributed by atoms with Gasteiger partial charge in [-0.2, -0.15) is 0 Å². The summed E-state index contributed by atoms with van der Waals surface area (Å²) < 4.78 is 5.52. The predicted octanol–water partition coefficient (Wildman–Crippen LogP) is 2.85. The lowest BCUT2D eigenvalue weighted by atomic mass is 10.1. The van der Waals surface area contributed by atoms with Crippen molar-refractivity contribution in [3.63, 3.8) is 0 Å². The highest BCUT2D eigenvalue weighted by Gasteiger charge is 2.16. The first-order valence-corrected chi connectivity index (χ1v) is 9.70. The molecule has 3 rings (SSSR count). The first-order valence-electron chi connectivity index (χ1n) is 9.70. The van der Waals surface area contributed by atoms with Gasteiger partial charge in [-0.3, -0.25) is 9.59 Å². The number of halogens is 1.